The van der Waals surface area contributed by atoms with Crippen LogP contribution in [0.25, 0.3) is 6.08 Å². The smallest absolute Gasteiger partial charge is 0.387 e. The topological polar surface area (TPSA) is 21.3 Å². The minimum Gasteiger partial charge on any atom is -0.434 e. The van der Waals surface area contributed by atoms with E-state index in [4.69, 9.17) is 0 Å². The van der Waals surface area contributed by atoms with Crippen LogP contribution >= 0.6 is 0 Å². The normalized spacial score (nSPS) is 13.8. The largest absolute Gasteiger partial charge is 0.434 e. The molecule has 1 unspecified atom stereocenters. The van der Waals surface area contributed by atoms with Gasteiger partial charge in [0.25, 0.3) is 0 Å². The molecule has 4 heteroatoms. The Kier molecular flexibility index (Phi) is 5.78. The van der Waals surface area contributed by atoms with Crippen molar-refractivity contribution < 1.29 is 13.5 Å². The Morgan fingerprint density at radius 1 is 1.39 bits per heavy atom. The van der Waals surface area contributed by atoms with E-state index in [1.54, 1.807) is 24.3 Å². The molecule has 100 valence electrons. The third-order valence-corrected chi connectivity index (χ3v) is 2.71. The maximum absolute atomic E-state index is 12.3. The van der Waals surface area contributed by atoms with Crippen molar-refractivity contribution in [1.29, 1.82) is 0 Å². The van der Waals surface area contributed by atoms with Crippen LogP contribution in [0.15, 0.2) is 29.8 Å². The summed E-state index contributed by atoms with van der Waals surface area (Å²) in [5, 5.41) is 3.27. The molecule has 0 amide bonds. The van der Waals surface area contributed by atoms with Crippen LogP contribution in [0.3, 0.4) is 0 Å². The number of hydrogen-bond donors (Lipinski definition) is 1. The van der Waals surface area contributed by atoms with Gasteiger partial charge in [-0.2, -0.15) is 8.78 Å². The summed E-state index contributed by atoms with van der Waals surface area (Å²) in [6, 6.07) is 6.99. The van der Waals surface area contributed by atoms with Crippen molar-refractivity contribution in [3.05, 3.63) is 35.4 Å². The molecule has 1 aromatic rings. The van der Waals surface area contributed by atoms with Crippen molar-refractivity contribution in [2.45, 2.75) is 33.4 Å². The molecule has 0 aliphatic carbocycles. The van der Waals surface area contributed by atoms with Crippen LogP contribution in [0.4, 0.5) is 8.78 Å². The monoisotopic (exact) mass is 255 g/mol. The molecule has 1 aromatic carbocycles. The van der Waals surface area contributed by atoms with E-state index in [-0.39, 0.29) is 11.8 Å². The van der Waals surface area contributed by atoms with Gasteiger partial charge in [0, 0.05) is 11.6 Å². The molecule has 0 aliphatic heterocycles. The number of nitrogens with one attached hydrogen (secondary N) is 1. The third kappa shape index (κ3) is 4.45. The standard InChI is InChI=1S/C14H19F2NO/c1-4-17-11(3)10(2)9-12-7-5-6-8-13(12)18-14(15)16/h5-9,11,14,17H,4H2,1-3H3/b10-9+. The van der Waals surface area contributed by atoms with Gasteiger partial charge < -0.3 is 10.1 Å². The van der Waals surface area contributed by atoms with Crippen LogP contribution in [0, 0.1) is 0 Å². The molecule has 2 nitrogen and oxygen atoms in total. The van der Waals surface area contributed by atoms with Gasteiger partial charge in [-0.3, -0.25) is 0 Å². The van der Waals surface area contributed by atoms with E-state index in [9.17, 15) is 8.78 Å². The van der Waals surface area contributed by atoms with E-state index in [1.165, 1.54) is 0 Å². The predicted octanol–water partition coefficient (Wildman–Crippen LogP) is 3.69. The Labute approximate surface area is 107 Å². The second-order valence-electron chi connectivity index (χ2n) is 4.08. The number of halogens is 2. The van der Waals surface area contributed by atoms with E-state index < -0.39 is 6.61 Å². The highest BCUT2D eigenvalue weighted by Crippen LogP contribution is 2.23. The summed E-state index contributed by atoms with van der Waals surface area (Å²) >= 11 is 0. The summed E-state index contributed by atoms with van der Waals surface area (Å²) in [6.07, 6.45) is 1.87. The molecule has 18 heavy (non-hydrogen) atoms. The molecule has 0 heterocycles. The number of likely N-dealkylation sites (N-methyl/N-ethyl adjacent to an activating group) is 1. The molecule has 0 spiro atoms. The van der Waals surface area contributed by atoms with Crippen LogP contribution in [0.5, 0.6) is 5.75 Å². The number of benzene rings is 1. The van der Waals surface area contributed by atoms with Gasteiger partial charge in [0.15, 0.2) is 0 Å². The Morgan fingerprint density at radius 2 is 2.06 bits per heavy atom. The predicted molar refractivity (Wildman–Crippen MR) is 69.9 cm³/mol. The molecule has 1 rings (SSSR count). The lowest BCUT2D eigenvalue weighted by Crippen LogP contribution is -2.26. The molecule has 1 atom stereocenters. The molecule has 0 saturated carbocycles. The highest BCUT2D eigenvalue weighted by atomic mass is 19.3. The lowest BCUT2D eigenvalue weighted by molar-refractivity contribution is -0.0499. The molecule has 0 aliphatic rings. The van der Waals surface area contributed by atoms with Gasteiger partial charge >= 0.3 is 6.61 Å². The summed E-state index contributed by atoms with van der Waals surface area (Å²) in [5.74, 6) is 0.204. The Bertz CT molecular complexity index is 405. The van der Waals surface area contributed by atoms with E-state index in [0.717, 1.165) is 12.1 Å². The highest BCUT2D eigenvalue weighted by molar-refractivity contribution is 5.60. The molecule has 0 radical (unpaired) electrons. The third-order valence-electron chi connectivity index (χ3n) is 2.71. The Hall–Kier alpha value is -1.42. The average Bonchev–Trinajstić information content (AvgIpc) is 2.31. The van der Waals surface area contributed by atoms with Gasteiger partial charge in [-0.1, -0.05) is 36.8 Å². The first-order valence-corrected chi connectivity index (χ1v) is 6.00. The summed E-state index contributed by atoms with van der Waals surface area (Å²) < 4.78 is 29.0. The molecular weight excluding hydrogens is 236 g/mol. The fourth-order valence-corrected chi connectivity index (χ4v) is 1.64. The zero-order chi connectivity index (χ0) is 13.5. The molecule has 0 fully saturated rings. The second-order valence-corrected chi connectivity index (χ2v) is 4.08. The molecule has 1 N–H and O–H groups in total. The van der Waals surface area contributed by atoms with Gasteiger partial charge in [0.1, 0.15) is 5.75 Å². The van der Waals surface area contributed by atoms with Crippen molar-refractivity contribution in [2.75, 3.05) is 6.54 Å². The van der Waals surface area contributed by atoms with Crippen molar-refractivity contribution in [2.24, 2.45) is 0 Å². The first kappa shape index (κ1) is 14.6. The number of ether oxygens (including phenoxy) is 1. The van der Waals surface area contributed by atoms with Gasteiger partial charge in [0.05, 0.1) is 0 Å². The van der Waals surface area contributed by atoms with Crippen molar-refractivity contribution in [3.63, 3.8) is 0 Å². The van der Waals surface area contributed by atoms with Crippen molar-refractivity contribution >= 4 is 6.08 Å². The minimum atomic E-state index is -2.80. The maximum atomic E-state index is 12.3. The van der Waals surface area contributed by atoms with Crippen LogP contribution < -0.4 is 10.1 Å². The quantitative estimate of drug-likeness (QED) is 0.837. The molecule has 0 saturated heterocycles. The number of para-hydroxylation sites is 1. The Balaban J connectivity index is 2.91. The number of hydrogen-bond acceptors (Lipinski definition) is 2. The summed E-state index contributed by atoms with van der Waals surface area (Å²) in [7, 11) is 0. The first-order chi connectivity index (χ1) is 8.54. The zero-order valence-electron chi connectivity index (χ0n) is 10.9. The van der Waals surface area contributed by atoms with Crippen LogP contribution in [0.1, 0.15) is 26.3 Å². The lowest BCUT2D eigenvalue weighted by Gasteiger charge is -2.14. The average molecular weight is 255 g/mol. The first-order valence-electron chi connectivity index (χ1n) is 6.00. The lowest BCUT2D eigenvalue weighted by atomic mass is 10.1. The second kappa shape index (κ2) is 7.11. The van der Waals surface area contributed by atoms with Gasteiger partial charge in [0.2, 0.25) is 0 Å². The summed E-state index contributed by atoms with van der Waals surface area (Å²) in [6.45, 7) is 4.09. The van der Waals surface area contributed by atoms with Gasteiger partial charge in [-0.15, -0.1) is 0 Å². The summed E-state index contributed by atoms with van der Waals surface area (Å²) in [5.41, 5.74) is 1.74. The summed E-state index contributed by atoms with van der Waals surface area (Å²) in [4.78, 5) is 0. The van der Waals surface area contributed by atoms with E-state index in [1.807, 2.05) is 26.8 Å². The molecule has 0 bridgehead atoms. The van der Waals surface area contributed by atoms with Crippen molar-refractivity contribution in [3.8, 4) is 5.75 Å². The van der Waals surface area contributed by atoms with Crippen LogP contribution in [-0.2, 0) is 0 Å². The molecule has 0 aromatic heterocycles. The van der Waals surface area contributed by atoms with Gasteiger partial charge in [-0.05, 0) is 26.5 Å². The van der Waals surface area contributed by atoms with E-state index >= 15 is 0 Å². The Morgan fingerprint density at radius 3 is 2.67 bits per heavy atom. The van der Waals surface area contributed by atoms with E-state index in [2.05, 4.69) is 10.1 Å². The zero-order valence-corrected chi connectivity index (χ0v) is 10.9. The molecular formula is C14H19F2NO. The fraction of sp³-hybridized carbons (Fsp3) is 0.429. The number of alkyl halides is 2. The van der Waals surface area contributed by atoms with E-state index in [0.29, 0.717) is 5.56 Å². The fourth-order valence-electron chi connectivity index (χ4n) is 1.64. The van der Waals surface area contributed by atoms with Crippen molar-refractivity contribution in [1.82, 2.24) is 5.32 Å². The van der Waals surface area contributed by atoms with Crippen LogP contribution in [0.2, 0.25) is 0 Å². The van der Waals surface area contributed by atoms with Crippen LogP contribution in [-0.4, -0.2) is 19.2 Å². The minimum absolute atomic E-state index is 0.203. The number of rotatable bonds is 6. The SMILES string of the molecule is CCNC(C)/C(C)=C/c1ccccc1OC(F)F. The van der Waals surface area contributed by atoms with Gasteiger partial charge in [-0.25, -0.2) is 0 Å². The highest BCUT2D eigenvalue weighted by Gasteiger charge is 2.09. The maximum Gasteiger partial charge on any atom is 0.387 e.